The average molecular weight is 272 g/mol. The molecule has 0 atom stereocenters. The molecule has 0 aliphatic carbocycles. The number of rotatable bonds is 8. The van der Waals surface area contributed by atoms with Crippen LogP contribution in [-0.2, 0) is 24.2 Å². The Hall–Kier alpha value is -1.74. The molecule has 0 aliphatic rings. The van der Waals surface area contributed by atoms with E-state index in [1.807, 2.05) is 0 Å². The number of anilines is 1. The maximum Gasteiger partial charge on any atom is 0.0503 e. The Morgan fingerprint density at radius 3 is 2.85 bits per heavy atom. The Balaban J connectivity index is 1.95. The molecule has 0 saturated heterocycles. The van der Waals surface area contributed by atoms with Gasteiger partial charge in [0.25, 0.3) is 0 Å². The van der Waals surface area contributed by atoms with Crippen molar-refractivity contribution in [3.63, 3.8) is 0 Å². The van der Waals surface area contributed by atoms with Crippen LogP contribution in [0.3, 0.4) is 0 Å². The molecular formula is C17H24N2O. The SMILES string of the molecule is CCCn1ccc(CNc2ccccc2CCOC)c1. The number of ether oxygens (including phenoxy) is 1. The van der Waals surface area contributed by atoms with Gasteiger partial charge < -0.3 is 14.6 Å². The summed E-state index contributed by atoms with van der Waals surface area (Å²) in [6.07, 6.45) is 6.48. The Morgan fingerprint density at radius 2 is 2.05 bits per heavy atom. The molecule has 2 aromatic rings. The topological polar surface area (TPSA) is 26.2 Å². The monoisotopic (exact) mass is 272 g/mol. The summed E-state index contributed by atoms with van der Waals surface area (Å²) in [5, 5.41) is 3.52. The molecule has 0 spiro atoms. The van der Waals surface area contributed by atoms with Gasteiger partial charge in [-0.25, -0.2) is 0 Å². The number of aryl methyl sites for hydroxylation is 1. The fourth-order valence-electron chi connectivity index (χ4n) is 2.31. The van der Waals surface area contributed by atoms with E-state index >= 15 is 0 Å². The van der Waals surface area contributed by atoms with Crippen molar-refractivity contribution in [2.75, 3.05) is 19.0 Å². The van der Waals surface area contributed by atoms with E-state index in [9.17, 15) is 0 Å². The molecule has 1 aromatic carbocycles. The van der Waals surface area contributed by atoms with E-state index < -0.39 is 0 Å². The normalized spacial score (nSPS) is 10.7. The summed E-state index contributed by atoms with van der Waals surface area (Å²) < 4.78 is 7.41. The summed E-state index contributed by atoms with van der Waals surface area (Å²) in [5.41, 5.74) is 3.83. The first kappa shape index (κ1) is 14.7. The molecule has 1 aromatic heterocycles. The van der Waals surface area contributed by atoms with Gasteiger partial charge in [-0.1, -0.05) is 25.1 Å². The van der Waals surface area contributed by atoms with E-state index in [0.29, 0.717) is 0 Å². The van der Waals surface area contributed by atoms with Gasteiger partial charge in [0.2, 0.25) is 0 Å². The lowest BCUT2D eigenvalue weighted by Gasteiger charge is -2.11. The van der Waals surface area contributed by atoms with E-state index in [2.05, 4.69) is 59.5 Å². The standard InChI is InChI=1S/C17H24N2O/c1-3-10-19-11-8-15(14-19)13-18-17-7-5-4-6-16(17)9-12-20-2/h4-8,11,14,18H,3,9-10,12-13H2,1-2H3. The molecule has 3 heteroatoms. The van der Waals surface area contributed by atoms with Crippen LogP contribution in [0.4, 0.5) is 5.69 Å². The molecule has 0 bridgehead atoms. The zero-order valence-electron chi connectivity index (χ0n) is 12.4. The van der Waals surface area contributed by atoms with Crippen LogP contribution in [0.5, 0.6) is 0 Å². The van der Waals surface area contributed by atoms with Crippen molar-refractivity contribution >= 4 is 5.69 Å². The van der Waals surface area contributed by atoms with Crippen LogP contribution in [0.15, 0.2) is 42.7 Å². The second kappa shape index (κ2) is 7.75. The van der Waals surface area contributed by atoms with E-state index in [1.54, 1.807) is 7.11 Å². The van der Waals surface area contributed by atoms with Gasteiger partial charge in [0.1, 0.15) is 0 Å². The smallest absolute Gasteiger partial charge is 0.0503 e. The fourth-order valence-corrected chi connectivity index (χ4v) is 2.31. The van der Waals surface area contributed by atoms with Gasteiger partial charge in [0.05, 0.1) is 6.61 Å². The van der Waals surface area contributed by atoms with Crippen LogP contribution in [0.2, 0.25) is 0 Å². The van der Waals surface area contributed by atoms with Crippen LogP contribution < -0.4 is 5.32 Å². The molecule has 0 radical (unpaired) electrons. The highest BCUT2D eigenvalue weighted by molar-refractivity contribution is 5.51. The third kappa shape index (κ3) is 4.14. The number of hydrogen-bond acceptors (Lipinski definition) is 2. The van der Waals surface area contributed by atoms with Gasteiger partial charge in [-0.2, -0.15) is 0 Å². The molecule has 0 saturated carbocycles. The molecule has 0 aliphatic heterocycles. The number of nitrogens with one attached hydrogen (secondary N) is 1. The van der Waals surface area contributed by atoms with E-state index in [1.165, 1.54) is 23.2 Å². The summed E-state index contributed by atoms with van der Waals surface area (Å²) in [5.74, 6) is 0. The average Bonchev–Trinajstić information content (AvgIpc) is 2.92. The second-order valence-corrected chi connectivity index (χ2v) is 5.01. The molecule has 0 fully saturated rings. The van der Waals surface area contributed by atoms with E-state index in [-0.39, 0.29) is 0 Å². The van der Waals surface area contributed by atoms with E-state index in [4.69, 9.17) is 4.74 Å². The number of aromatic nitrogens is 1. The summed E-state index contributed by atoms with van der Waals surface area (Å²) in [7, 11) is 1.74. The molecule has 0 amide bonds. The first-order valence-corrected chi connectivity index (χ1v) is 7.29. The molecule has 2 rings (SSSR count). The molecule has 108 valence electrons. The van der Waals surface area contributed by atoms with Crippen molar-refractivity contribution in [2.24, 2.45) is 0 Å². The van der Waals surface area contributed by atoms with Crippen LogP contribution in [-0.4, -0.2) is 18.3 Å². The lowest BCUT2D eigenvalue weighted by molar-refractivity contribution is 0.202. The Morgan fingerprint density at radius 1 is 1.20 bits per heavy atom. The minimum Gasteiger partial charge on any atom is -0.384 e. The molecule has 0 unspecified atom stereocenters. The highest BCUT2D eigenvalue weighted by Crippen LogP contribution is 2.17. The molecule has 20 heavy (non-hydrogen) atoms. The van der Waals surface area contributed by atoms with Crippen LogP contribution >= 0.6 is 0 Å². The molecule has 3 nitrogen and oxygen atoms in total. The lowest BCUT2D eigenvalue weighted by Crippen LogP contribution is -2.04. The number of para-hydroxylation sites is 1. The van der Waals surface area contributed by atoms with Crippen molar-refractivity contribution in [1.29, 1.82) is 0 Å². The van der Waals surface area contributed by atoms with Crippen LogP contribution in [0, 0.1) is 0 Å². The maximum atomic E-state index is 5.16. The zero-order valence-corrected chi connectivity index (χ0v) is 12.4. The molecule has 1 N–H and O–H groups in total. The van der Waals surface area contributed by atoms with Crippen molar-refractivity contribution in [2.45, 2.75) is 32.9 Å². The van der Waals surface area contributed by atoms with Gasteiger partial charge in [0, 0.05) is 38.3 Å². The van der Waals surface area contributed by atoms with Gasteiger partial charge in [-0.3, -0.25) is 0 Å². The summed E-state index contributed by atoms with van der Waals surface area (Å²) in [6, 6.07) is 10.6. The Bertz CT molecular complexity index is 519. The Labute approximate surface area is 121 Å². The first-order valence-electron chi connectivity index (χ1n) is 7.29. The third-order valence-electron chi connectivity index (χ3n) is 3.37. The lowest BCUT2D eigenvalue weighted by atomic mass is 10.1. The number of benzene rings is 1. The first-order chi connectivity index (χ1) is 9.83. The fraction of sp³-hybridized carbons (Fsp3) is 0.412. The highest BCUT2D eigenvalue weighted by Gasteiger charge is 2.02. The maximum absolute atomic E-state index is 5.16. The van der Waals surface area contributed by atoms with Gasteiger partial charge in [0.15, 0.2) is 0 Å². The number of hydrogen-bond donors (Lipinski definition) is 1. The second-order valence-electron chi connectivity index (χ2n) is 5.01. The third-order valence-corrected chi connectivity index (χ3v) is 3.37. The summed E-state index contributed by atoms with van der Waals surface area (Å²) in [4.78, 5) is 0. The largest absolute Gasteiger partial charge is 0.384 e. The quantitative estimate of drug-likeness (QED) is 0.793. The predicted octanol–water partition coefficient (Wildman–Crippen LogP) is 3.70. The Kier molecular flexibility index (Phi) is 5.69. The number of methoxy groups -OCH3 is 1. The van der Waals surface area contributed by atoms with Crippen molar-refractivity contribution in [1.82, 2.24) is 4.57 Å². The van der Waals surface area contributed by atoms with Gasteiger partial charge in [-0.15, -0.1) is 0 Å². The number of nitrogens with zero attached hydrogens (tertiary/aromatic N) is 1. The minimum atomic E-state index is 0.756. The summed E-state index contributed by atoms with van der Waals surface area (Å²) in [6.45, 7) is 4.90. The molecule has 1 heterocycles. The van der Waals surface area contributed by atoms with Gasteiger partial charge in [-0.05, 0) is 36.1 Å². The van der Waals surface area contributed by atoms with Gasteiger partial charge >= 0.3 is 0 Å². The van der Waals surface area contributed by atoms with Crippen molar-refractivity contribution in [3.05, 3.63) is 53.9 Å². The van der Waals surface area contributed by atoms with Crippen molar-refractivity contribution in [3.8, 4) is 0 Å². The highest BCUT2D eigenvalue weighted by atomic mass is 16.5. The molecular weight excluding hydrogens is 248 g/mol. The minimum absolute atomic E-state index is 0.756. The zero-order chi connectivity index (χ0) is 14.2. The van der Waals surface area contributed by atoms with Crippen molar-refractivity contribution < 1.29 is 4.74 Å². The van der Waals surface area contributed by atoms with Crippen LogP contribution in [0.1, 0.15) is 24.5 Å². The van der Waals surface area contributed by atoms with Crippen LogP contribution in [0.25, 0.3) is 0 Å². The summed E-state index contributed by atoms with van der Waals surface area (Å²) >= 11 is 0. The predicted molar refractivity (Wildman–Crippen MR) is 84.1 cm³/mol. The van der Waals surface area contributed by atoms with E-state index in [0.717, 1.165) is 26.1 Å².